The third kappa shape index (κ3) is 2.44. The van der Waals surface area contributed by atoms with Gasteiger partial charge >= 0.3 is 0 Å². The van der Waals surface area contributed by atoms with Crippen molar-refractivity contribution in [1.29, 1.82) is 0 Å². The number of rotatable bonds is 3. The minimum absolute atomic E-state index is 0.584. The van der Waals surface area contributed by atoms with E-state index in [0.717, 1.165) is 11.4 Å². The first kappa shape index (κ1) is 8.43. The maximum Gasteiger partial charge on any atom is 0.115 e. The lowest BCUT2D eigenvalue weighted by Gasteiger charge is -1.81. The minimum atomic E-state index is 0.584. The second-order valence-electron chi connectivity index (χ2n) is 2.16. The normalized spacial score (nSPS) is 11.1. The molecule has 0 bridgehead atoms. The number of nitrogens with zero attached hydrogens (tertiary/aromatic N) is 1. The van der Waals surface area contributed by atoms with E-state index in [2.05, 4.69) is 11.9 Å². The van der Waals surface area contributed by atoms with E-state index in [-0.39, 0.29) is 0 Å². The van der Waals surface area contributed by atoms with Crippen LogP contribution in [-0.4, -0.2) is 11.5 Å². The highest BCUT2D eigenvalue weighted by Gasteiger charge is 1.94. The van der Waals surface area contributed by atoms with Gasteiger partial charge in [0.1, 0.15) is 5.01 Å². The lowest BCUT2D eigenvalue weighted by molar-refractivity contribution is 1.17. The zero-order valence-electron chi connectivity index (χ0n) is 6.58. The standard InChI is InChI=1S/C8H12N2S/c1-2-7-6-10-8(11-7)4-3-5-9/h3-4,6H,2,5,9H2,1H3/b4-3+. The molecule has 2 nitrogen and oxygen atoms in total. The number of nitrogens with two attached hydrogens (primary N) is 1. The SMILES string of the molecule is CCc1cnc(/C=C/CN)s1. The van der Waals surface area contributed by atoms with Gasteiger partial charge in [0, 0.05) is 17.6 Å². The Kier molecular flexibility index (Phi) is 3.26. The van der Waals surface area contributed by atoms with Crippen LogP contribution >= 0.6 is 11.3 Å². The van der Waals surface area contributed by atoms with Gasteiger partial charge in [-0.15, -0.1) is 11.3 Å². The van der Waals surface area contributed by atoms with Crippen LogP contribution in [0, 0.1) is 0 Å². The van der Waals surface area contributed by atoms with E-state index in [9.17, 15) is 0 Å². The van der Waals surface area contributed by atoms with Crippen molar-refractivity contribution >= 4 is 17.4 Å². The first-order valence-corrected chi connectivity index (χ1v) is 4.49. The molecule has 0 aliphatic rings. The summed E-state index contributed by atoms with van der Waals surface area (Å²) in [5.74, 6) is 0. The molecule has 0 aliphatic heterocycles. The van der Waals surface area contributed by atoms with Crippen LogP contribution in [0.1, 0.15) is 16.8 Å². The van der Waals surface area contributed by atoms with Crippen LogP contribution in [0.2, 0.25) is 0 Å². The molecule has 2 N–H and O–H groups in total. The molecular weight excluding hydrogens is 156 g/mol. The fraction of sp³-hybridized carbons (Fsp3) is 0.375. The van der Waals surface area contributed by atoms with Gasteiger partial charge in [0.25, 0.3) is 0 Å². The monoisotopic (exact) mass is 168 g/mol. The quantitative estimate of drug-likeness (QED) is 0.745. The lowest BCUT2D eigenvalue weighted by atomic mass is 10.4. The van der Waals surface area contributed by atoms with Crippen LogP contribution in [0.3, 0.4) is 0 Å². The van der Waals surface area contributed by atoms with Crippen LogP contribution in [0.4, 0.5) is 0 Å². The van der Waals surface area contributed by atoms with Crippen LogP contribution in [0.5, 0.6) is 0 Å². The largest absolute Gasteiger partial charge is 0.327 e. The molecule has 0 amide bonds. The number of thiazole rings is 1. The van der Waals surface area contributed by atoms with Crippen molar-refractivity contribution in [3.8, 4) is 0 Å². The van der Waals surface area contributed by atoms with Gasteiger partial charge in [0.05, 0.1) is 0 Å². The molecule has 1 aromatic rings. The molecule has 0 atom stereocenters. The molecule has 1 rings (SSSR count). The van der Waals surface area contributed by atoms with E-state index in [1.165, 1.54) is 4.88 Å². The van der Waals surface area contributed by atoms with E-state index < -0.39 is 0 Å². The third-order valence-electron chi connectivity index (χ3n) is 1.32. The Morgan fingerprint density at radius 2 is 2.55 bits per heavy atom. The molecule has 0 unspecified atom stereocenters. The molecule has 0 saturated carbocycles. The van der Waals surface area contributed by atoms with Gasteiger partial charge < -0.3 is 5.73 Å². The maximum absolute atomic E-state index is 5.31. The first-order valence-electron chi connectivity index (χ1n) is 3.68. The Balaban J connectivity index is 2.65. The van der Waals surface area contributed by atoms with Crippen molar-refractivity contribution < 1.29 is 0 Å². The summed E-state index contributed by atoms with van der Waals surface area (Å²) in [4.78, 5) is 5.52. The number of hydrogen-bond donors (Lipinski definition) is 1. The zero-order chi connectivity index (χ0) is 8.10. The van der Waals surface area contributed by atoms with E-state index in [0.29, 0.717) is 6.54 Å². The Morgan fingerprint density at radius 1 is 1.73 bits per heavy atom. The van der Waals surface area contributed by atoms with Crippen molar-refractivity contribution in [2.75, 3.05) is 6.54 Å². The molecule has 0 saturated heterocycles. The zero-order valence-corrected chi connectivity index (χ0v) is 7.40. The van der Waals surface area contributed by atoms with E-state index in [1.54, 1.807) is 11.3 Å². The predicted octanol–water partition coefficient (Wildman–Crippen LogP) is 1.68. The van der Waals surface area contributed by atoms with Crippen molar-refractivity contribution in [3.05, 3.63) is 22.2 Å². The van der Waals surface area contributed by atoms with Gasteiger partial charge in [-0.3, -0.25) is 0 Å². The van der Waals surface area contributed by atoms with E-state index >= 15 is 0 Å². The highest BCUT2D eigenvalue weighted by Crippen LogP contribution is 2.14. The molecule has 1 aromatic heterocycles. The Morgan fingerprint density at radius 3 is 3.09 bits per heavy atom. The van der Waals surface area contributed by atoms with Crippen molar-refractivity contribution in [2.24, 2.45) is 5.73 Å². The molecule has 0 radical (unpaired) electrons. The summed E-state index contributed by atoms with van der Waals surface area (Å²) in [5, 5.41) is 1.05. The van der Waals surface area contributed by atoms with E-state index in [1.807, 2.05) is 18.3 Å². The molecule has 60 valence electrons. The molecular formula is C8H12N2S. The summed E-state index contributed by atoms with van der Waals surface area (Å²) in [6.45, 7) is 2.71. The number of aromatic nitrogens is 1. The molecule has 0 aliphatic carbocycles. The predicted molar refractivity (Wildman–Crippen MR) is 49.6 cm³/mol. The third-order valence-corrected chi connectivity index (χ3v) is 2.42. The maximum atomic E-state index is 5.31. The summed E-state index contributed by atoms with van der Waals surface area (Å²) in [7, 11) is 0. The smallest absolute Gasteiger partial charge is 0.115 e. The fourth-order valence-electron chi connectivity index (χ4n) is 0.732. The highest BCUT2D eigenvalue weighted by atomic mass is 32.1. The Hall–Kier alpha value is -0.670. The fourth-order valence-corrected chi connectivity index (χ4v) is 1.52. The van der Waals surface area contributed by atoms with Crippen LogP contribution in [0.25, 0.3) is 6.08 Å². The number of hydrogen-bond acceptors (Lipinski definition) is 3. The summed E-state index contributed by atoms with van der Waals surface area (Å²) in [6, 6.07) is 0. The topological polar surface area (TPSA) is 38.9 Å². The average Bonchev–Trinajstić information content (AvgIpc) is 2.48. The van der Waals surface area contributed by atoms with Crippen LogP contribution in [-0.2, 0) is 6.42 Å². The molecule has 3 heteroatoms. The molecule has 1 heterocycles. The molecule has 0 fully saturated rings. The first-order chi connectivity index (χ1) is 5.36. The van der Waals surface area contributed by atoms with Gasteiger partial charge in [-0.1, -0.05) is 13.0 Å². The summed E-state index contributed by atoms with van der Waals surface area (Å²) in [6.07, 6.45) is 6.86. The van der Waals surface area contributed by atoms with Gasteiger partial charge in [-0.25, -0.2) is 4.98 Å². The van der Waals surface area contributed by atoms with Crippen LogP contribution < -0.4 is 5.73 Å². The number of aryl methyl sites for hydroxylation is 1. The minimum Gasteiger partial charge on any atom is -0.327 e. The summed E-state index contributed by atoms with van der Waals surface area (Å²) < 4.78 is 0. The van der Waals surface area contributed by atoms with Gasteiger partial charge in [-0.05, 0) is 12.5 Å². The van der Waals surface area contributed by atoms with E-state index in [4.69, 9.17) is 5.73 Å². The summed E-state index contributed by atoms with van der Waals surface area (Å²) in [5.41, 5.74) is 5.31. The highest BCUT2D eigenvalue weighted by molar-refractivity contribution is 7.12. The van der Waals surface area contributed by atoms with Gasteiger partial charge in [0.2, 0.25) is 0 Å². The molecule has 0 aromatic carbocycles. The van der Waals surface area contributed by atoms with Crippen LogP contribution in [0.15, 0.2) is 12.3 Å². The van der Waals surface area contributed by atoms with Gasteiger partial charge in [-0.2, -0.15) is 0 Å². The summed E-state index contributed by atoms with van der Waals surface area (Å²) >= 11 is 1.72. The molecule has 0 spiro atoms. The van der Waals surface area contributed by atoms with Crippen molar-refractivity contribution in [3.63, 3.8) is 0 Å². The second kappa shape index (κ2) is 4.26. The second-order valence-corrected chi connectivity index (χ2v) is 3.30. The Labute approximate surface area is 70.8 Å². The average molecular weight is 168 g/mol. The van der Waals surface area contributed by atoms with Crippen molar-refractivity contribution in [1.82, 2.24) is 4.98 Å². The van der Waals surface area contributed by atoms with Crippen molar-refractivity contribution in [2.45, 2.75) is 13.3 Å². The van der Waals surface area contributed by atoms with Gasteiger partial charge in [0.15, 0.2) is 0 Å². The molecule has 11 heavy (non-hydrogen) atoms. The lowest BCUT2D eigenvalue weighted by Crippen LogP contribution is -1.91. The Bertz CT molecular complexity index is 240.